The van der Waals surface area contributed by atoms with E-state index in [1.54, 1.807) is 32.9 Å². The number of nitrogens with one attached hydrogen (secondary N) is 1. The smallest absolute Gasteiger partial charge is 0.408 e. The fourth-order valence-electron chi connectivity index (χ4n) is 4.39. The molecule has 0 aliphatic carbocycles. The van der Waals surface area contributed by atoms with E-state index in [4.69, 9.17) is 13.9 Å². The van der Waals surface area contributed by atoms with Gasteiger partial charge in [-0.2, -0.15) is 0 Å². The maximum Gasteiger partial charge on any atom is 0.408 e. The van der Waals surface area contributed by atoms with E-state index in [1.807, 2.05) is 74.5 Å². The highest BCUT2D eigenvalue weighted by atomic mass is 16.6. The molecule has 7 nitrogen and oxygen atoms in total. The number of hydrogen-bond acceptors (Lipinski definition) is 6. The summed E-state index contributed by atoms with van der Waals surface area (Å²) in [5.74, 6) is -0.401. The molecule has 1 atom stereocenters. The molecule has 4 aromatic rings. The zero-order valence-electron chi connectivity index (χ0n) is 22.9. The molecule has 0 aliphatic heterocycles. The Labute approximate surface area is 227 Å². The summed E-state index contributed by atoms with van der Waals surface area (Å²) in [6.07, 6.45) is -0.138. The van der Waals surface area contributed by atoms with Crippen LogP contribution in [0.4, 0.5) is 4.79 Å². The monoisotopic (exact) mass is 527 g/mol. The van der Waals surface area contributed by atoms with Crippen LogP contribution in [0.1, 0.15) is 48.6 Å². The number of ether oxygens (including phenoxy) is 2. The third-order valence-electron chi connectivity index (χ3n) is 6.18. The van der Waals surface area contributed by atoms with Gasteiger partial charge in [-0.1, -0.05) is 60.7 Å². The molecular formula is C32H33NO6. The van der Waals surface area contributed by atoms with Crippen molar-refractivity contribution in [1.29, 1.82) is 0 Å². The molecule has 0 unspecified atom stereocenters. The third-order valence-corrected chi connectivity index (χ3v) is 6.18. The van der Waals surface area contributed by atoms with Crippen molar-refractivity contribution in [3.63, 3.8) is 0 Å². The van der Waals surface area contributed by atoms with E-state index in [0.717, 1.165) is 16.7 Å². The van der Waals surface area contributed by atoms with Crippen LogP contribution in [0.15, 0.2) is 82.0 Å². The molecule has 0 saturated heterocycles. The molecular weight excluding hydrogens is 494 g/mol. The summed E-state index contributed by atoms with van der Waals surface area (Å²) in [6.45, 7) is 8.90. The van der Waals surface area contributed by atoms with Crippen LogP contribution in [0.25, 0.3) is 11.0 Å². The van der Waals surface area contributed by atoms with E-state index in [2.05, 4.69) is 5.32 Å². The molecule has 0 aliphatic rings. The highest BCUT2D eigenvalue weighted by Gasteiger charge is 2.28. The number of benzene rings is 3. The quantitative estimate of drug-likeness (QED) is 0.179. The second-order valence-corrected chi connectivity index (χ2v) is 10.6. The third kappa shape index (κ3) is 7.13. The van der Waals surface area contributed by atoms with Crippen LogP contribution in [-0.4, -0.2) is 23.7 Å². The molecule has 0 bridgehead atoms. The number of amides is 1. The number of hydrogen-bond donors (Lipinski definition) is 1. The van der Waals surface area contributed by atoms with Crippen LogP contribution in [0.2, 0.25) is 0 Å². The van der Waals surface area contributed by atoms with Crippen molar-refractivity contribution in [1.82, 2.24) is 5.32 Å². The molecule has 39 heavy (non-hydrogen) atoms. The van der Waals surface area contributed by atoms with Crippen LogP contribution in [0.3, 0.4) is 0 Å². The maximum absolute atomic E-state index is 13.5. The fourth-order valence-corrected chi connectivity index (χ4v) is 4.39. The Bertz CT molecular complexity index is 1530. The van der Waals surface area contributed by atoms with Gasteiger partial charge in [-0.25, -0.2) is 14.4 Å². The average molecular weight is 528 g/mol. The van der Waals surface area contributed by atoms with Crippen LogP contribution >= 0.6 is 0 Å². The molecule has 202 valence electrons. The van der Waals surface area contributed by atoms with E-state index in [1.165, 1.54) is 0 Å². The van der Waals surface area contributed by atoms with Crippen molar-refractivity contribution in [3.8, 4) is 5.75 Å². The highest BCUT2D eigenvalue weighted by Crippen LogP contribution is 2.32. The zero-order valence-corrected chi connectivity index (χ0v) is 22.9. The number of rotatable bonds is 7. The van der Waals surface area contributed by atoms with Crippen LogP contribution in [0, 0.1) is 13.8 Å². The van der Waals surface area contributed by atoms with Gasteiger partial charge in [0.25, 0.3) is 0 Å². The van der Waals surface area contributed by atoms with Crippen LogP contribution < -0.4 is 15.7 Å². The molecule has 1 amide bonds. The van der Waals surface area contributed by atoms with Crippen molar-refractivity contribution >= 4 is 23.0 Å². The molecule has 0 spiro atoms. The first-order valence-electron chi connectivity index (χ1n) is 12.9. The molecule has 0 saturated carbocycles. The first-order chi connectivity index (χ1) is 18.5. The van der Waals surface area contributed by atoms with E-state index < -0.39 is 29.3 Å². The summed E-state index contributed by atoms with van der Waals surface area (Å²) >= 11 is 0. The van der Waals surface area contributed by atoms with E-state index in [-0.39, 0.29) is 12.2 Å². The van der Waals surface area contributed by atoms with E-state index >= 15 is 0 Å². The average Bonchev–Trinajstić information content (AvgIpc) is 2.86. The van der Waals surface area contributed by atoms with Crippen molar-refractivity contribution < 1.29 is 23.5 Å². The molecule has 4 rings (SSSR count). The van der Waals surface area contributed by atoms with Crippen molar-refractivity contribution in [3.05, 3.63) is 111 Å². The summed E-state index contributed by atoms with van der Waals surface area (Å²) in [4.78, 5) is 39.1. The largest absolute Gasteiger partial charge is 0.444 e. The number of alkyl carbamates (subject to hydrolysis) is 1. The van der Waals surface area contributed by atoms with Gasteiger partial charge in [0.15, 0.2) is 0 Å². The lowest BCUT2D eigenvalue weighted by Gasteiger charge is -2.23. The Balaban J connectivity index is 1.70. The SMILES string of the molecule is Cc1cc(OC(=O)[C@H](Cc2ccccc2)NC(=O)OC(C)(C)C)c2c(C)c(Cc3ccccc3)c(=O)oc2c1. The van der Waals surface area contributed by atoms with E-state index in [9.17, 15) is 14.4 Å². The number of esters is 1. The molecule has 1 N–H and O–H groups in total. The van der Waals surface area contributed by atoms with Crippen LogP contribution in [-0.2, 0) is 22.4 Å². The van der Waals surface area contributed by atoms with Gasteiger partial charge in [-0.05, 0) is 69.0 Å². The summed E-state index contributed by atoms with van der Waals surface area (Å²) in [6, 6.07) is 21.4. The Hall–Kier alpha value is -4.39. The first-order valence-corrected chi connectivity index (χ1v) is 12.9. The Morgan fingerprint density at radius 2 is 1.54 bits per heavy atom. The number of carbonyl (C=O) groups excluding carboxylic acids is 2. The lowest BCUT2D eigenvalue weighted by molar-refractivity contribution is -0.136. The minimum Gasteiger partial charge on any atom is -0.444 e. The lowest BCUT2D eigenvalue weighted by Crippen LogP contribution is -2.46. The molecule has 7 heteroatoms. The predicted octanol–water partition coefficient (Wildman–Crippen LogP) is 6.04. The normalized spacial score (nSPS) is 12.1. The second-order valence-electron chi connectivity index (χ2n) is 10.6. The molecule has 1 heterocycles. The van der Waals surface area contributed by atoms with Crippen molar-refractivity contribution in [2.45, 2.75) is 59.1 Å². The molecule has 0 radical (unpaired) electrons. The number of carbonyl (C=O) groups is 2. The summed E-state index contributed by atoms with van der Waals surface area (Å²) < 4.78 is 17.0. The zero-order chi connectivity index (χ0) is 28.2. The van der Waals surface area contributed by atoms with Gasteiger partial charge in [0, 0.05) is 18.4 Å². The minimum absolute atomic E-state index is 0.204. The first kappa shape index (κ1) is 27.6. The minimum atomic E-state index is -1.02. The summed E-state index contributed by atoms with van der Waals surface area (Å²) in [5, 5.41) is 3.20. The van der Waals surface area contributed by atoms with Crippen molar-refractivity contribution in [2.24, 2.45) is 0 Å². The van der Waals surface area contributed by atoms with E-state index in [0.29, 0.717) is 28.5 Å². The summed E-state index contributed by atoms with van der Waals surface area (Å²) in [7, 11) is 0. The van der Waals surface area contributed by atoms with Gasteiger partial charge >= 0.3 is 17.7 Å². The highest BCUT2D eigenvalue weighted by molar-refractivity contribution is 5.92. The van der Waals surface area contributed by atoms with Crippen molar-refractivity contribution in [2.75, 3.05) is 0 Å². The molecule has 0 fully saturated rings. The molecule has 3 aromatic carbocycles. The fraction of sp³-hybridized carbons (Fsp3) is 0.281. The Morgan fingerprint density at radius 1 is 0.923 bits per heavy atom. The topological polar surface area (TPSA) is 94.8 Å². The van der Waals surface area contributed by atoms with Crippen LogP contribution in [0.5, 0.6) is 5.75 Å². The molecule has 1 aromatic heterocycles. The van der Waals surface area contributed by atoms with Gasteiger partial charge in [0.2, 0.25) is 0 Å². The second kappa shape index (κ2) is 11.6. The standard InChI is InChI=1S/C32H33NO6/c1-20-16-26-28(21(2)24(29(34)37-26)18-22-12-8-6-9-13-22)27(17-20)38-30(35)25(19-23-14-10-7-11-15-23)33-31(36)39-32(3,4)5/h6-17,25H,18-19H2,1-5H3,(H,33,36)/t25-/m0/s1. The van der Waals surface area contributed by atoms with Gasteiger partial charge in [0.05, 0.1) is 5.39 Å². The lowest BCUT2D eigenvalue weighted by atomic mass is 9.98. The Morgan fingerprint density at radius 3 is 2.15 bits per heavy atom. The predicted molar refractivity (Wildman–Crippen MR) is 150 cm³/mol. The van der Waals surface area contributed by atoms with Gasteiger partial charge in [0.1, 0.15) is 23.0 Å². The number of aryl methyl sites for hydroxylation is 2. The van der Waals surface area contributed by atoms with Gasteiger partial charge < -0.3 is 19.2 Å². The van der Waals surface area contributed by atoms with Gasteiger partial charge in [-0.15, -0.1) is 0 Å². The summed E-state index contributed by atoms with van der Waals surface area (Å²) in [5.41, 5.74) is 2.89. The number of fused-ring (bicyclic) bond motifs is 1. The maximum atomic E-state index is 13.5. The Kier molecular flexibility index (Phi) is 8.19. The van der Waals surface area contributed by atoms with Gasteiger partial charge in [-0.3, -0.25) is 0 Å².